The number of carbonyl (C=O) groups excluding carboxylic acids is 2. The minimum atomic E-state index is -0.190. The number of nitrogens with zero attached hydrogens (tertiary/aromatic N) is 4. The van der Waals surface area contributed by atoms with E-state index in [1.54, 1.807) is 24.7 Å². The van der Waals surface area contributed by atoms with Crippen molar-refractivity contribution in [2.75, 3.05) is 19.6 Å². The van der Waals surface area contributed by atoms with Crippen molar-refractivity contribution < 1.29 is 14.0 Å². The monoisotopic (exact) mass is 469 g/mol. The quantitative estimate of drug-likeness (QED) is 0.464. The van der Waals surface area contributed by atoms with E-state index < -0.39 is 0 Å². The highest BCUT2D eigenvalue weighted by Crippen LogP contribution is 2.59. The van der Waals surface area contributed by atoms with Crippen LogP contribution in [0.2, 0.25) is 0 Å². The van der Waals surface area contributed by atoms with Crippen molar-refractivity contribution in [2.45, 2.75) is 25.8 Å². The Balaban J connectivity index is 1.03. The van der Waals surface area contributed by atoms with E-state index in [1.807, 2.05) is 52.2 Å². The van der Waals surface area contributed by atoms with Gasteiger partial charge in [0.25, 0.3) is 11.8 Å². The number of piperidine rings is 1. The van der Waals surface area contributed by atoms with E-state index in [-0.39, 0.29) is 17.2 Å². The molecule has 1 spiro atoms. The molecule has 2 fully saturated rings. The molecule has 2 aliphatic rings. The number of rotatable bonds is 6. The van der Waals surface area contributed by atoms with E-state index in [2.05, 4.69) is 15.4 Å². The summed E-state index contributed by atoms with van der Waals surface area (Å²) in [5, 5.41) is 8.18. The van der Waals surface area contributed by atoms with Gasteiger partial charge in [-0.2, -0.15) is 5.10 Å². The van der Waals surface area contributed by atoms with Crippen LogP contribution in [-0.4, -0.2) is 51.1 Å². The highest BCUT2D eigenvalue weighted by molar-refractivity contribution is 5.96. The van der Waals surface area contributed by atoms with Crippen molar-refractivity contribution >= 4 is 22.8 Å². The largest absolute Gasteiger partial charge is 0.449 e. The minimum absolute atomic E-state index is 0.0903. The van der Waals surface area contributed by atoms with E-state index in [4.69, 9.17) is 4.42 Å². The van der Waals surface area contributed by atoms with Crippen molar-refractivity contribution in [2.24, 2.45) is 11.3 Å². The topological polar surface area (TPSA) is 93.3 Å². The van der Waals surface area contributed by atoms with Crippen LogP contribution >= 0.6 is 0 Å². The third-order valence-electron chi connectivity index (χ3n) is 7.60. The van der Waals surface area contributed by atoms with Crippen molar-refractivity contribution in [1.82, 2.24) is 25.0 Å². The summed E-state index contributed by atoms with van der Waals surface area (Å²) >= 11 is 0. The molecule has 1 aliphatic heterocycles. The molecule has 1 N–H and O–H groups in total. The first-order chi connectivity index (χ1) is 17.1. The average Bonchev–Trinajstić information content (AvgIpc) is 3.24. The van der Waals surface area contributed by atoms with Gasteiger partial charge in [-0.15, -0.1) is 0 Å². The Kier molecular flexibility index (Phi) is 5.36. The third-order valence-corrected chi connectivity index (χ3v) is 7.60. The van der Waals surface area contributed by atoms with E-state index in [0.717, 1.165) is 48.9 Å². The first-order valence-corrected chi connectivity index (χ1v) is 12.1. The van der Waals surface area contributed by atoms with Gasteiger partial charge in [-0.25, -0.2) is 0 Å². The van der Waals surface area contributed by atoms with Crippen LogP contribution < -0.4 is 5.32 Å². The van der Waals surface area contributed by atoms with Gasteiger partial charge in [-0.05, 0) is 60.4 Å². The van der Waals surface area contributed by atoms with Gasteiger partial charge in [0.15, 0.2) is 11.3 Å². The number of nitrogens with one attached hydrogen (secondary N) is 1. The summed E-state index contributed by atoms with van der Waals surface area (Å²) in [6, 6.07) is 13.3. The normalized spacial score (nSPS) is 18.6. The maximum absolute atomic E-state index is 13.3. The van der Waals surface area contributed by atoms with E-state index >= 15 is 0 Å². The van der Waals surface area contributed by atoms with Crippen molar-refractivity contribution in [3.8, 4) is 0 Å². The zero-order valence-corrected chi connectivity index (χ0v) is 19.4. The number of hydrogen-bond donors (Lipinski definition) is 1. The van der Waals surface area contributed by atoms with Gasteiger partial charge >= 0.3 is 0 Å². The fourth-order valence-electron chi connectivity index (χ4n) is 5.39. The molecule has 0 bridgehead atoms. The molecule has 8 nitrogen and oxygen atoms in total. The summed E-state index contributed by atoms with van der Waals surface area (Å²) in [5.41, 5.74) is 2.58. The van der Waals surface area contributed by atoms with Gasteiger partial charge in [0.2, 0.25) is 0 Å². The van der Waals surface area contributed by atoms with Crippen molar-refractivity contribution in [3.63, 3.8) is 0 Å². The summed E-state index contributed by atoms with van der Waals surface area (Å²) in [6.07, 6.45) is 9.99. The summed E-state index contributed by atoms with van der Waals surface area (Å²) in [6.45, 7) is 2.71. The molecular weight excluding hydrogens is 442 g/mol. The zero-order valence-electron chi connectivity index (χ0n) is 19.4. The van der Waals surface area contributed by atoms with E-state index in [9.17, 15) is 9.59 Å². The third kappa shape index (κ3) is 4.20. The van der Waals surface area contributed by atoms with Crippen LogP contribution in [0.25, 0.3) is 11.0 Å². The second-order valence-electron chi connectivity index (χ2n) is 9.65. The van der Waals surface area contributed by atoms with Crippen molar-refractivity contribution in [3.05, 3.63) is 84.1 Å². The van der Waals surface area contributed by atoms with Gasteiger partial charge in [-0.3, -0.25) is 19.3 Å². The Bertz CT molecular complexity index is 1340. The summed E-state index contributed by atoms with van der Waals surface area (Å²) in [4.78, 5) is 31.9. The lowest BCUT2D eigenvalue weighted by molar-refractivity contribution is 0.0667. The van der Waals surface area contributed by atoms with Crippen LogP contribution in [0.4, 0.5) is 0 Å². The molecule has 3 aromatic heterocycles. The van der Waals surface area contributed by atoms with E-state index in [0.29, 0.717) is 30.4 Å². The number of fused-ring (bicyclic) bond motifs is 1. The number of carbonyl (C=O) groups is 2. The van der Waals surface area contributed by atoms with Crippen LogP contribution in [0.15, 0.2) is 71.7 Å². The predicted molar refractivity (Wildman–Crippen MR) is 130 cm³/mol. The zero-order chi connectivity index (χ0) is 23.8. The first kappa shape index (κ1) is 21.6. The summed E-state index contributed by atoms with van der Waals surface area (Å²) in [5.74, 6) is 0.663. The lowest BCUT2D eigenvalue weighted by atomic mass is 9.90. The fourth-order valence-corrected chi connectivity index (χ4v) is 5.39. The molecule has 178 valence electrons. The number of amides is 2. The van der Waals surface area contributed by atoms with E-state index in [1.165, 1.54) is 0 Å². The minimum Gasteiger partial charge on any atom is -0.449 e. The van der Waals surface area contributed by atoms with Crippen LogP contribution in [0.3, 0.4) is 0 Å². The highest BCUT2D eigenvalue weighted by atomic mass is 16.3. The Morgan fingerprint density at radius 3 is 2.77 bits per heavy atom. The molecule has 2 amide bonds. The second kappa shape index (κ2) is 8.69. The molecule has 1 atom stereocenters. The molecule has 8 heteroatoms. The molecule has 4 aromatic rings. The highest BCUT2D eigenvalue weighted by Gasteiger charge is 2.54. The van der Waals surface area contributed by atoms with Gasteiger partial charge in [-0.1, -0.05) is 18.2 Å². The predicted octanol–water partition coefficient (Wildman–Crippen LogP) is 3.74. The lowest BCUT2D eigenvalue weighted by Gasteiger charge is -2.33. The average molecular weight is 470 g/mol. The van der Waals surface area contributed by atoms with Gasteiger partial charge in [0, 0.05) is 49.2 Å². The Morgan fingerprint density at radius 1 is 1.11 bits per heavy atom. The van der Waals surface area contributed by atoms with Crippen LogP contribution in [0.1, 0.15) is 45.7 Å². The fraction of sp³-hybridized carbons (Fsp3) is 0.333. The lowest BCUT2D eigenvalue weighted by Crippen LogP contribution is -2.40. The smallest absolute Gasteiger partial charge is 0.287 e. The molecule has 6 rings (SSSR count). The molecule has 1 aliphatic carbocycles. The summed E-state index contributed by atoms with van der Waals surface area (Å²) < 4.78 is 7.46. The summed E-state index contributed by atoms with van der Waals surface area (Å²) in [7, 11) is 0. The number of pyridine rings is 1. The molecule has 4 heterocycles. The molecular formula is C27H27N5O3. The molecule has 35 heavy (non-hydrogen) atoms. The van der Waals surface area contributed by atoms with Gasteiger partial charge in [0.1, 0.15) is 0 Å². The van der Waals surface area contributed by atoms with Crippen LogP contribution in [0, 0.1) is 11.3 Å². The van der Waals surface area contributed by atoms with Crippen LogP contribution in [0.5, 0.6) is 0 Å². The first-order valence-electron chi connectivity index (χ1n) is 12.1. The number of benzene rings is 1. The van der Waals surface area contributed by atoms with Crippen molar-refractivity contribution in [1.29, 1.82) is 0 Å². The second-order valence-corrected chi connectivity index (χ2v) is 9.65. The maximum atomic E-state index is 13.3. The Morgan fingerprint density at radius 2 is 1.97 bits per heavy atom. The standard InChI is InChI=1S/C27H27N5O3/c33-25(23-14-19-6-10-28-17-24(19)35-23)29-16-21-15-27(21)7-12-31(13-8-27)26(34)22-5-2-1-4-20(22)18-32-11-3-9-30-32/h1-6,9-11,14,17,21H,7-8,12-13,15-16,18H2,(H,29,33). The van der Waals surface area contributed by atoms with Gasteiger partial charge in [0.05, 0.1) is 12.7 Å². The SMILES string of the molecule is O=C(NCC1CC12CCN(C(=O)c1ccccc1Cn1cccn1)CC2)c1cc2ccncc2o1. The Hall–Kier alpha value is -3.94. The maximum Gasteiger partial charge on any atom is 0.287 e. The number of hydrogen-bond acceptors (Lipinski definition) is 5. The molecule has 1 saturated heterocycles. The molecule has 1 unspecified atom stereocenters. The Labute approximate surface area is 202 Å². The number of aromatic nitrogens is 3. The molecule has 1 saturated carbocycles. The van der Waals surface area contributed by atoms with Crippen LogP contribution in [-0.2, 0) is 6.54 Å². The number of furan rings is 1. The molecule has 0 radical (unpaired) electrons. The van der Waals surface area contributed by atoms with Gasteiger partial charge < -0.3 is 14.6 Å². The number of likely N-dealkylation sites (tertiary alicyclic amines) is 1. The molecule has 1 aromatic carbocycles.